The highest BCUT2D eigenvalue weighted by molar-refractivity contribution is 14.0. The molecule has 2 aliphatic rings. The molecule has 162 valence electrons. The predicted molar refractivity (Wildman–Crippen MR) is 129 cm³/mol. The number of halogens is 2. The third kappa shape index (κ3) is 5.92. The Balaban J connectivity index is 0.00000256. The molecule has 2 fully saturated rings. The van der Waals surface area contributed by atoms with E-state index >= 15 is 0 Å². The van der Waals surface area contributed by atoms with Crippen molar-refractivity contribution in [2.75, 3.05) is 33.4 Å². The minimum Gasteiger partial charge on any atom is -0.379 e. The molecule has 1 saturated heterocycles. The van der Waals surface area contributed by atoms with Crippen LogP contribution in [0.25, 0.3) is 0 Å². The Morgan fingerprint density at radius 2 is 1.80 bits per heavy atom. The number of benzene rings is 2. The molecule has 30 heavy (non-hydrogen) atoms. The number of nitrogens with zero attached hydrogens (tertiary/aromatic N) is 2. The molecule has 2 N–H and O–H groups in total. The smallest absolute Gasteiger partial charge is 0.191 e. The zero-order valence-corrected chi connectivity index (χ0v) is 19.6. The summed E-state index contributed by atoms with van der Waals surface area (Å²) in [6.45, 7) is 5.21. The largest absolute Gasteiger partial charge is 0.379 e. The maximum atomic E-state index is 14.0. The average molecular weight is 524 g/mol. The molecule has 5 nitrogen and oxygen atoms in total. The van der Waals surface area contributed by atoms with Gasteiger partial charge in [-0.1, -0.05) is 42.5 Å². The van der Waals surface area contributed by atoms with Crippen LogP contribution in [-0.4, -0.2) is 50.3 Å². The van der Waals surface area contributed by atoms with E-state index in [1.54, 1.807) is 13.1 Å². The van der Waals surface area contributed by atoms with Crippen LogP contribution in [0.4, 0.5) is 4.39 Å². The minimum absolute atomic E-state index is 0. The van der Waals surface area contributed by atoms with Gasteiger partial charge in [0.15, 0.2) is 5.96 Å². The van der Waals surface area contributed by atoms with E-state index in [1.165, 1.54) is 17.2 Å². The van der Waals surface area contributed by atoms with E-state index in [9.17, 15) is 4.39 Å². The first-order valence-corrected chi connectivity index (χ1v) is 10.3. The summed E-state index contributed by atoms with van der Waals surface area (Å²) in [6, 6.07) is 15.8. The second-order valence-electron chi connectivity index (χ2n) is 7.70. The third-order valence-corrected chi connectivity index (χ3v) is 5.70. The number of aliphatic imine (C=N–C) groups is 1. The van der Waals surface area contributed by atoms with Crippen LogP contribution in [0.5, 0.6) is 0 Å². The molecule has 1 heterocycles. The highest BCUT2D eigenvalue weighted by Gasteiger charge is 2.40. The fourth-order valence-electron chi connectivity index (χ4n) is 3.91. The summed E-state index contributed by atoms with van der Waals surface area (Å²) in [5, 5.41) is 6.86. The summed E-state index contributed by atoms with van der Waals surface area (Å²) in [6.07, 6.45) is 0.926. The maximum Gasteiger partial charge on any atom is 0.191 e. The van der Waals surface area contributed by atoms with Crippen LogP contribution in [0.3, 0.4) is 0 Å². The van der Waals surface area contributed by atoms with Crippen LogP contribution in [0.2, 0.25) is 0 Å². The van der Waals surface area contributed by atoms with Gasteiger partial charge in [-0.25, -0.2) is 4.39 Å². The Hall–Kier alpha value is -1.71. The van der Waals surface area contributed by atoms with Crippen LogP contribution >= 0.6 is 24.0 Å². The van der Waals surface area contributed by atoms with Crippen LogP contribution in [0.15, 0.2) is 53.5 Å². The summed E-state index contributed by atoms with van der Waals surface area (Å²) in [5.41, 5.74) is 3.38. The molecule has 0 bridgehead atoms. The van der Waals surface area contributed by atoms with E-state index in [4.69, 9.17) is 4.74 Å². The first-order chi connectivity index (χ1) is 14.2. The van der Waals surface area contributed by atoms with Crippen molar-refractivity contribution in [2.24, 2.45) is 4.99 Å². The number of guanidine groups is 1. The molecule has 0 spiro atoms. The predicted octanol–water partition coefficient (Wildman–Crippen LogP) is 3.50. The molecule has 7 heteroatoms. The molecule has 4 rings (SSSR count). The van der Waals surface area contributed by atoms with Crippen molar-refractivity contribution < 1.29 is 9.13 Å². The normalized spacial score (nSPS) is 21.6. The lowest BCUT2D eigenvalue weighted by Crippen LogP contribution is -2.39. The van der Waals surface area contributed by atoms with Crippen molar-refractivity contribution in [3.05, 3.63) is 71.0 Å². The fraction of sp³-hybridized carbons (Fsp3) is 0.435. The summed E-state index contributed by atoms with van der Waals surface area (Å²) in [5.74, 6) is 0.847. The van der Waals surface area contributed by atoms with Gasteiger partial charge in [-0.15, -0.1) is 24.0 Å². The summed E-state index contributed by atoms with van der Waals surface area (Å²) in [4.78, 5) is 6.78. The Morgan fingerprint density at radius 1 is 1.10 bits per heavy atom. The second-order valence-corrected chi connectivity index (χ2v) is 7.70. The molecule has 1 saturated carbocycles. The third-order valence-electron chi connectivity index (χ3n) is 5.70. The topological polar surface area (TPSA) is 48.9 Å². The molecular weight excluding hydrogens is 494 g/mol. The van der Waals surface area contributed by atoms with Gasteiger partial charge in [0.25, 0.3) is 0 Å². The molecule has 0 aromatic heterocycles. The minimum atomic E-state index is -0.123. The van der Waals surface area contributed by atoms with Crippen LogP contribution in [0, 0.1) is 5.82 Å². The van der Waals surface area contributed by atoms with Crippen LogP contribution in [-0.2, 0) is 17.8 Å². The molecule has 2 aromatic rings. The highest BCUT2D eigenvalue weighted by atomic mass is 127. The molecule has 2 unspecified atom stereocenters. The van der Waals surface area contributed by atoms with Crippen LogP contribution < -0.4 is 10.6 Å². The number of morpholine rings is 1. The van der Waals surface area contributed by atoms with Crippen LogP contribution in [0.1, 0.15) is 29.0 Å². The van der Waals surface area contributed by atoms with E-state index in [0.717, 1.165) is 50.8 Å². The summed E-state index contributed by atoms with van der Waals surface area (Å²) >= 11 is 0. The molecule has 0 radical (unpaired) electrons. The Labute approximate surface area is 195 Å². The number of hydrogen-bond donors (Lipinski definition) is 2. The van der Waals surface area contributed by atoms with E-state index in [2.05, 4.69) is 44.8 Å². The van der Waals surface area contributed by atoms with Gasteiger partial charge in [0.2, 0.25) is 0 Å². The van der Waals surface area contributed by atoms with Crippen molar-refractivity contribution in [2.45, 2.75) is 31.5 Å². The van der Waals surface area contributed by atoms with Gasteiger partial charge in [0.05, 0.1) is 13.2 Å². The lowest BCUT2D eigenvalue weighted by atomic mass is 10.1. The standard InChI is InChI=1S/C23H29FN4O.HI/c1-25-23(27-22-14-20(22)19-8-4-5-9-21(19)24)26-15-17-6-2-3-7-18(17)16-28-10-12-29-13-11-28;/h2-9,20,22H,10-16H2,1H3,(H2,25,26,27);1H. The number of rotatable bonds is 6. The van der Waals surface area contributed by atoms with E-state index in [0.29, 0.717) is 6.54 Å². The summed E-state index contributed by atoms with van der Waals surface area (Å²) < 4.78 is 19.4. The van der Waals surface area contributed by atoms with Gasteiger partial charge in [0.1, 0.15) is 5.82 Å². The lowest BCUT2D eigenvalue weighted by molar-refractivity contribution is 0.0341. The van der Waals surface area contributed by atoms with E-state index in [1.807, 2.05) is 12.1 Å². The molecule has 2 atom stereocenters. The Kier molecular flexibility index (Phi) is 8.47. The number of hydrogen-bond acceptors (Lipinski definition) is 3. The SMILES string of the molecule is CN=C(NCc1ccccc1CN1CCOCC1)NC1CC1c1ccccc1F.I. The maximum absolute atomic E-state index is 14.0. The fourth-order valence-corrected chi connectivity index (χ4v) is 3.91. The van der Waals surface area contributed by atoms with Gasteiger partial charge in [-0.05, 0) is 29.2 Å². The molecule has 1 aliphatic carbocycles. The number of nitrogens with one attached hydrogen (secondary N) is 2. The van der Waals surface area contributed by atoms with Gasteiger partial charge in [-0.3, -0.25) is 9.89 Å². The van der Waals surface area contributed by atoms with Gasteiger partial charge >= 0.3 is 0 Å². The molecule has 1 aliphatic heterocycles. The first-order valence-electron chi connectivity index (χ1n) is 10.3. The van der Waals surface area contributed by atoms with Crippen molar-refractivity contribution in [3.63, 3.8) is 0 Å². The molecule has 0 amide bonds. The molecule has 2 aromatic carbocycles. The lowest BCUT2D eigenvalue weighted by Gasteiger charge is -2.27. The van der Waals surface area contributed by atoms with Crippen molar-refractivity contribution in [3.8, 4) is 0 Å². The first kappa shape index (κ1) is 23.0. The van der Waals surface area contributed by atoms with Crippen molar-refractivity contribution >= 4 is 29.9 Å². The van der Waals surface area contributed by atoms with Crippen molar-refractivity contribution in [1.82, 2.24) is 15.5 Å². The average Bonchev–Trinajstić information content (AvgIpc) is 3.52. The monoisotopic (exact) mass is 524 g/mol. The van der Waals surface area contributed by atoms with Gasteiger partial charge in [0, 0.05) is 45.2 Å². The van der Waals surface area contributed by atoms with Gasteiger partial charge in [-0.2, -0.15) is 0 Å². The molecular formula is C23H30FIN4O. The Morgan fingerprint density at radius 3 is 2.53 bits per heavy atom. The zero-order valence-electron chi connectivity index (χ0n) is 17.3. The van der Waals surface area contributed by atoms with E-state index in [-0.39, 0.29) is 41.8 Å². The highest BCUT2D eigenvalue weighted by Crippen LogP contribution is 2.41. The zero-order chi connectivity index (χ0) is 20.1. The second kappa shape index (κ2) is 11.1. The van der Waals surface area contributed by atoms with Gasteiger partial charge < -0.3 is 15.4 Å². The summed E-state index contributed by atoms with van der Waals surface area (Å²) in [7, 11) is 1.77. The Bertz CT molecular complexity index is 857. The van der Waals surface area contributed by atoms with Crippen molar-refractivity contribution in [1.29, 1.82) is 0 Å². The van der Waals surface area contributed by atoms with E-state index < -0.39 is 0 Å². The quantitative estimate of drug-likeness (QED) is 0.345. The number of ether oxygens (including phenoxy) is 1.